The fourth-order valence-electron chi connectivity index (χ4n) is 1.77. The van der Waals surface area contributed by atoms with E-state index in [1.807, 2.05) is 30.3 Å². The predicted octanol–water partition coefficient (Wildman–Crippen LogP) is 2.51. The summed E-state index contributed by atoms with van der Waals surface area (Å²) in [7, 11) is 0. The van der Waals surface area contributed by atoms with Crippen molar-refractivity contribution in [1.29, 1.82) is 0 Å². The summed E-state index contributed by atoms with van der Waals surface area (Å²) in [5.41, 5.74) is 5.66. The van der Waals surface area contributed by atoms with Crippen LogP contribution in [0.15, 0.2) is 30.3 Å². The van der Waals surface area contributed by atoms with Gasteiger partial charge in [0.05, 0.1) is 0 Å². The lowest BCUT2D eigenvalue weighted by atomic mass is 10.1. The number of hydrogen-bond acceptors (Lipinski definition) is 3. The smallest absolute Gasteiger partial charge is 0.261 e. The first-order valence-electron chi connectivity index (χ1n) is 6.89. The second-order valence-electron chi connectivity index (χ2n) is 4.66. The Kier molecular flexibility index (Phi) is 9.86. The fraction of sp³-hybridized carbons (Fsp3) is 0.533. The van der Waals surface area contributed by atoms with E-state index in [1.54, 1.807) is 6.92 Å². The Morgan fingerprint density at radius 1 is 1.35 bits per heavy atom. The van der Waals surface area contributed by atoms with Gasteiger partial charge in [0.25, 0.3) is 5.91 Å². The van der Waals surface area contributed by atoms with Gasteiger partial charge < -0.3 is 15.8 Å². The summed E-state index contributed by atoms with van der Waals surface area (Å²) in [6.45, 7) is 4.33. The number of amides is 1. The van der Waals surface area contributed by atoms with Crippen LogP contribution in [0.5, 0.6) is 5.75 Å². The van der Waals surface area contributed by atoms with E-state index in [4.69, 9.17) is 10.5 Å². The summed E-state index contributed by atoms with van der Waals surface area (Å²) in [5.74, 6) is 0.582. The molecule has 20 heavy (non-hydrogen) atoms. The van der Waals surface area contributed by atoms with Crippen LogP contribution in [0.1, 0.15) is 33.1 Å². The van der Waals surface area contributed by atoms with E-state index >= 15 is 0 Å². The van der Waals surface area contributed by atoms with Crippen LogP contribution in [-0.2, 0) is 4.79 Å². The van der Waals surface area contributed by atoms with Crippen LogP contribution in [0, 0.1) is 0 Å². The average Bonchev–Trinajstić information content (AvgIpc) is 2.44. The third-order valence-electron chi connectivity index (χ3n) is 2.96. The molecule has 1 amide bonds. The van der Waals surface area contributed by atoms with Gasteiger partial charge in [-0.2, -0.15) is 0 Å². The normalized spacial score (nSPS) is 12.9. The van der Waals surface area contributed by atoms with E-state index in [2.05, 4.69) is 12.2 Å². The summed E-state index contributed by atoms with van der Waals surface area (Å²) in [6.07, 6.45) is 2.56. The largest absolute Gasteiger partial charge is 0.481 e. The van der Waals surface area contributed by atoms with E-state index in [0.717, 1.165) is 19.3 Å². The van der Waals surface area contributed by atoms with Crippen LogP contribution >= 0.6 is 12.4 Å². The second kappa shape index (κ2) is 10.5. The zero-order valence-electron chi connectivity index (χ0n) is 12.2. The fourth-order valence-corrected chi connectivity index (χ4v) is 1.77. The van der Waals surface area contributed by atoms with E-state index in [0.29, 0.717) is 12.3 Å². The van der Waals surface area contributed by atoms with Crippen molar-refractivity contribution in [3.63, 3.8) is 0 Å². The molecular formula is C15H25ClN2O2. The number of benzene rings is 1. The number of hydrogen-bond donors (Lipinski definition) is 2. The Hall–Kier alpha value is -1.26. The Labute approximate surface area is 127 Å². The Bertz CT molecular complexity index is 373. The summed E-state index contributed by atoms with van der Waals surface area (Å²) in [4.78, 5) is 12.0. The van der Waals surface area contributed by atoms with Gasteiger partial charge in [-0.1, -0.05) is 38.0 Å². The molecule has 0 saturated heterocycles. The molecule has 1 rings (SSSR count). The maximum absolute atomic E-state index is 12.0. The van der Waals surface area contributed by atoms with Crippen molar-refractivity contribution in [2.24, 2.45) is 5.73 Å². The van der Waals surface area contributed by atoms with Crippen molar-refractivity contribution in [2.75, 3.05) is 6.54 Å². The van der Waals surface area contributed by atoms with Crippen molar-refractivity contribution < 1.29 is 9.53 Å². The van der Waals surface area contributed by atoms with E-state index < -0.39 is 6.10 Å². The van der Waals surface area contributed by atoms with Gasteiger partial charge in [-0.3, -0.25) is 4.79 Å². The number of nitrogens with two attached hydrogens (primary N) is 1. The van der Waals surface area contributed by atoms with Crippen molar-refractivity contribution in [3.8, 4) is 5.75 Å². The number of ether oxygens (including phenoxy) is 1. The van der Waals surface area contributed by atoms with Gasteiger partial charge in [-0.25, -0.2) is 0 Å². The quantitative estimate of drug-likeness (QED) is 0.775. The third-order valence-corrected chi connectivity index (χ3v) is 2.96. The number of halogens is 1. The molecule has 0 saturated carbocycles. The first-order valence-corrected chi connectivity index (χ1v) is 6.89. The molecule has 0 aliphatic rings. The van der Waals surface area contributed by atoms with Crippen molar-refractivity contribution in [3.05, 3.63) is 30.3 Å². The standard InChI is InChI=1S/C15H24N2O2.ClH/c1-3-4-8-13(11-16)17-15(18)12(2)19-14-9-6-5-7-10-14;/h5-7,9-10,12-13H,3-4,8,11,16H2,1-2H3,(H,17,18);1H. The van der Waals surface area contributed by atoms with Crippen LogP contribution in [-0.4, -0.2) is 24.6 Å². The maximum Gasteiger partial charge on any atom is 0.261 e. The van der Waals surface area contributed by atoms with Gasteiger partial charge in [-0.15, -0.1) is 12.4 Å². The molecule has 5 heteroatoms. The zero-order chi connectivity index (χ0) is 14.1. The lowest BCUT2D eigenvalue weighted by Crippen LogP contribution is -2.45. The molecule has 0 spiro atoms. The molecule has 2 atom stereocenters. The molecule has 0 aliphatic carbocycles. The summed E-state index contributed by atoms with van der Waals surface area (Å²) < 4.78 is 5.57. The highest BCUT2D eigenvalue weighted by atomic mass is 35.5. The Morgan fingerprint density at radius 2 is 2.00 bits per heavy atom. The maximum atomic E-state index is 12.0. The van der Waals surface area contributed by atoms with Crippen molar-refractivity contribution in [2.45, 2.75) is 45.3 Å². The molecule has 2 unspecified atom stereocenters. The highest BCUT2D eigenvalue weighted by molar-refractivity contribution is 5.85. The molecule has 0 aliphatic heterocycles. The molecule has 0 bridgehead atoms. The Balaban J connectivity index is 0.00000361. The molecule has 1 aromatic rings. The minimum atomic E-state index is -0.516. The summed E-state index contributed by atoms with van der Waals surface area (Å²) in [6, 6.07) is 9.37. The molecule has 3 N–H and O–H groups in total. The molecule has 0 heterocycles. The minimum Gasteiger partial charge on any atom is -0.481 e. The van der Waals surface area contributed by atoms with Gasteiger partial charge in [0.1, 0.15) is 5.75 Å². The highest BCUT2D eigenvalue weighted by Gasteiger charge is 2.17. The number of carbonyl (C=O) groups excluding carboxylic acids is 1. The van der Waals surface area contributed by atoms with E-state index in [9.17, 15) is 4.79 Å². The number of carbonyl (C=O) groups is 1. The number of rotatable bonds is 8. The lowest BCUT2D eigenvalue weighted by Gasteiger charge is -2.20. The molecular weight excluding hydrogens is 276 g/mol. The molecule has 114 valence electrons. The second-order valence-corrected chi connectivity index (χ2v) is 4.66. The van der Waals surface area contributed by atoms with Gasteiger partial charge in [0.15, 0.2) is 6.10 Å². The van der Waals surface area contributed by atoms with Crippen molar-refractivity contribution >= 4 is 18.3 Å². The first kappa shape index (κ1) is 18.7. The topological polar surface area (TPSA) is 64.3 Å². The molecule has 1 aromatic carbocycles. The van der Waals surface area contributed by atoms with Crippen LogP contribution in [0.2, 0.25) is 0 Å². The van der Waals surface area contributed by atoms with E-state index in [-0.39, 0.29) is 24.4 Å². The molecule has 0 fully saturated rings. The van der Waals surface area contributed by atoms with Gasteiger partial charge >= 0.3 is 0 Å². The minimum absolute atomic E-state index is 0. The first-order chi connectivity index (χ1) is 9.17. The van der Waals surface area contributed by atoms with Gasteiger partial charge in [0, 0.05) is 12.6 Å². The monoisotopic (exact) mass is 300 g/mol. The highest BCUT2D eigenvalue weighted by Crippen LogP contribution is 2.11. The summed E-state index contributed by atoms with van der Waals surface area (Å²) in [5, 5.41) is 2.93. The lowest BCUT2D eigenvalue weighted by molar-refractivity contribution is -0.128. The molecule has 0 aromatic heterocycles. The SMILES string of the molecule is CCCCC(CN)NC(=O)C(C)Oc1ccccc1.Cl. The number of para-hydroxylation sites is 1. The number of nitrogens with one attached hydrogen (secondary N) is 1. The van der Waals surface area contributed by atoms with Crippen molar-refractivity contribution in [1.82, 2.24) is 5.32 Å². The zero-order valence-corrected chi connectivity index (χ0v) is 13.0. The molecule has 0 radical (unpaired) electrons. The predicted molar refractivity (Wildman–Crippen MR) is 84.3 cm³/mol. The van der Waals surface area contributed by atoms with Crippen LogP contribution in [0.4, 0.5) is 0 Å². The van der Waals surface area contributed by atoms with Gasteiger partial charge in [-0.05, 0) is 25.5 Å². The molecule has 4 nitrogen and oxygen atoms in total. The van der Waals surface area contributed by atoms with Crippen LogP contribution < -0.4 is 15.8 Å². The summed E-state index contributed by atoms with van der Waals surface area (Å²) >= 11 is 0. The average molecular weight is 301 g/mol. The number of unbranched alkanes of at least 4 members (excludes halogenated alkanes) is 1. The van der Waals surface area contributed by atoms with Crippen LogP contribution in [0.3, 0.4) is 0 Å². The Morgan fingerprint density at radius 3 is 2.55 bits per heavy atom. The third kappa shape index (κ3) is 6.78. The van der Waals surface area contributed by atoms with Gasteiger partial charge in [0.2, 0.25) is 0 Å². The van der Waals surface area contributed by atoms with Crippen LogP contribution in [0.25, 0.3) is 0 Å². The van der Waals surface area contributed by atoms with E-state index in [1.165, 1.54) is 0 Å².